The molecule has 0 aliphatic rings. The van der Waals surface area contributed by atoms with E-state index in [1.54, 1.807) is 0 Å². The molecule has 0 saturated carbocycles. The number of rotatable bonds is 42. The Labute approximate surface area is 338 Å². The van der Waals surface area contributed by atoms with Crippen LogP contribution in [0.2, 0.25) is 0 Å². The largest absolute Gasteiger partial charge is 0.756 e. The van der Waals surface area contributed by atoms with Gasteiger partial charge in [0.15, 0.2) is 0 Å². The lowest BCUT2D eigenvalue weighted by Crippen LogP contribution is -2.37. The number of allylic oxidation sites excluding steroid dienone is 1. The molecule has 55 heavy (non-hydrogen) atoms. The second-order valence-corrected chi connectivity index (χ2v) is 18.1. The normalized spacial score (nSPS) is 15.0. The van der Waals surface area contributed by atoms with Gasteiger partial charge in [0.25, 0.3) is 7.82 Å². The van der Waals surface area contributed by atoms with E-state index >= 15 is 0 Å². The molecule has 0 heterocycles. The zero-order valence-electron chi connectivity index (χ0n) is 36.4. The molecule has 0 aromatic heterocycles. The molecule has 0 bridgehead atoms. The van der Waals surface area contributed by atoms with Crippen LogP contribution in [0.15, 0.2) is 12.2 Å². The Balaban J connectivity index is 4.29. The van der Waals surface area contributed by atoms with Gasteiger partial charge in [0, 0.05) is 13.0 Å². The second-order valence-electron chi connectivity index (χ2n) is 16.7. The first-order valence-electron chi connectivity index (χ1n) is 22.6. The Kier molecular flexibility index (Phi) is 36.9. The van der Waals surface area contributed by atoms with Crippen molar-refractivity contribution in [3.8, 4) is 0 Å². The molecule has 10 nitrogen and oxygen atoms in total. The van der Waals surface area contributed by atoms with E-state index in [9.17, 15) is 24.5 Å². The molecule has 4 atom stereocenters. The maximum Gasteiger partial charge on any atom is 0.306 e. The van der Waals surface area contributed by atoms with E-state index in [0.717, 1.165) is 64.2 Å². The van der Waals surface area contributed by atoms with Crippen LogP contribution in [0.25, 0.3) is 0 Å². The Morgan fingerprint density at radius 2 is 1.15 bits per heavy atom. The number of phosphoric acid groups is 1. The highest BCUT2D eigenvalue weighted by molar-refractivity contribution is 7.45. The number of hydrogen-bond donors (Lipinski definition) is 2. The quantitative estimate of drug-likeness (QED) is 0.0203. The average Bonchev–Trinajstić information content (AvgIpc) is 3.13. The van der Waals surface area contributed by atoms with Crippen molar-refractivity contribution in [3.63, 3.8) is 0 Å². The van der Waals surface area contributed by atoms with Crippen molar-refractivity contribution in [3.05, 3.63) is 12.2 Å². The summed E-state index contributed by atoms with van der Waals surface area (Å²) in [6.07, 6.45) is 32.7. The molecule has 0 amide bonds. The van der Waals surface area contributed by atoms with Crippen molar-refractivity contribution < 1.29 is 47.5 Å². The standard InChI is InChI=1S/C44H88NO9P/c1-6-8-10-11-12-13-14-15-16-17-18-19-22-25-28-32-37-51-39-41(40-53-55(49,50)52-38-36-45(3,4)5)54-44(48)35-31-27-24-21-20-23-26-30-34-43(47)42(46)33-29-9-7-2/h26,30,41-43,46-47H,6-25,27-29,31-40H2,1-5H3/b30-26-. The van der Waals surface area contributed by atoms with Gasteiger partial charge in [-0.3, -0.25) is 9.36 Å². The molecule has 328 valence electrons. The van der Waals surface area contributed by atoms with Crippen LogP contribution in [-0.2, 0) is 27.9 Å². The minimum atomic E-state index is -4.55. The molecule has 4 unspecified atom stereocenters. The molecule has 2 N–H and O–H groups in total. The maximum absolute atomic E-state index is 12.7. The molecule has 0 fully saturated rings. The Morgan fingerprint density at radius 1 is 0.636 bits per heavy atom. The number of aliphatic hydroxyl groups is 2. The number of hydrogen-bond acceptors (Lipinski definition) is 9. The average molecular weight is 806 g/mol. The van der Waals surface area contributed by atoms with E-state index in [1.165, 1.54) is 89.9 Å². The molecule has 0 aliphatic carbocycles. The Morgan fingerprint density at radius 3 is 1.71 bits per heavy atom. The van der Waals surface area contributed by atoms with Gasteiger partial charge < -0.3 is 38.1 Å². The minimum Gasteiger partial charge on any atom is -0.756 e. The van der Waals surface area contributed by atoms with Gasteiger partial charge in [-0.2, -0.15) is 0 Å². The molecule has 0 aromatic rings. The highest BCUT2D eigenvalue weighted by atomic mass is 31.2. The van der Waals surface area contributed by atoms with Crippen molar-refractivity contribution in [2.24, 2.45) is 0 Å². The molecular weight excluding hydrogens is 717 g/mol. The number of ether oxygens (including phenoxy) is 2. The highest BCUT2D eigenvalue weighted by Crippen LogP contribution is 2.38. The molecule has 0 rings (SSSR count). The second kappa shape index (κ2) is 37.4. The first kappa shape index (κ1) is 54.2. The SMILES string of the molecule is CCCCCCCCCCCCCCCCCCOCC(COP(=O)([O-])OCC[N+](C)(C)C)OC(=O)CCCCCCC/C=C\CC(O)C(O)CCCCC. The minimum absolute atomic E-state index is 0.00717. The van der Waals surface area contributed by atoms with Crippen molar-refractivity contribution in [2.75, 3.05) is 54.1 Å². The number of phosphoric ester groups is 1. The van der Waals surface area contributed by atoms with Crippen LogP contribution >= 0.6 is 7.82 Å². The third kappa shape index (κ3) is 39.8. The Hall–Kier alpha value is -0.840. The molecule has 0 saturated heterocycles. The number of carbonyl (C=O) groups excluding carboxylic acids is 1. The summed E-state index contributed by atoms with van der Waals surface area (Å²) >= 11 is 0. The zero-order chi connectivity index (χ0) is 40.9. The van der Waals surface area contributed by atoms with E-state index in [4.69, 9.17) is 18.5 Å². The summed E-state index contributed by atoms with van der Waals surface area (Å²) in [5, 5.41) is 20.1. The maximum atomic E-state index is 12.7. The van der Waals surface area contributed by atoms with Gasteiger partial charge in [-0.15, -0.1) is 0 Å². The fourth-order valence-electron chi connectivity index (χ4n) is 6.33. The monoisotopic (exact) mass is 806 g/mol. The lowest BCUT2D eigenvalue weighted by Gasteiger charge is -2.28. The first-order chi connectivity index (χ1) is 26.4. The highest BCUT2D eigenvalue weighted by Gasteiger charge is 2.20. The number of nitrogens with zero attached hydrogens (tertiary/aromatic N) is 1. The zero-order valence-corrected chi connectivity index (χ0v) is 37.3. The van der Waals surface area contributed by atoms with Gasteiger partial charge in [-0.25, -0.2) is 0 Å². The molecule has 0 aromatic carbocycles. The fraction of sp³-hybridized carbons (Fsp3) is 0.932. The summed E-state index contributed by atoms with van der Waals surface area (Å²) in [6.45, 7) is 5.16. The van der Waals surface area contributed by atoms with Crippen LogP contribution in [0, 0.1) is 0 Å². The van der Waals surface area contributed by atoms with Crippen molar-refractivity contribution >= 4 is 13.8 Å². The molecule has 11 heteroatoms. The molecule has 0 aliphatic heterocycles. The molecule has 0 spiro atoms. The number of aliphatic hydroxyl groups excluding tert-OH is 2. The molecular formula is C44H88NO9P. The third-order valence-corrected chi connectivity index (χ3v) is 11.0. The van der Waals surface area contributed by atoms with Gasteiger partial charge in [0.2, 0.25) is 0 Å². The van der Waals surface area contributed by atoms with Gasteiger partial charge >= 0.3 is 5.97 Å². The number of unbranched alkanes of at least 4 members (excludes halogenated alkanes) is 22. The van der Waals surface area contributed by atoms with Crippen molar-refractivity contribution in [1.29, 1.82) is 0 Å². The van der Waals surface area contributed by atoms with Gasteiger partial charge in [-0.05, 0) is 38.5 Å². The van der Waals surface area contributed by atoms with E-state index in [-0.39, 0.29) is 32.2 Å². The van der Waals surface area contributed by atoms with E-state index in [2.05, 4.69) is 19.9 Å². The van der Waals surface area contributed by atoms with Crippen LogP contribution in [0.4, 0.5) is 0 Å². The predicted octanol–water partition coefficient (Wildman–Crippen LogP) is 10.4. The summed E-state index contributed by atoms with van der Waals surface area (Å²) in [6, 6.07) is 0. The summed E-state index contributed by atoms with van der Waals surface area (Å²) < 4.78 is 34.5. The molecule has 0 radical (unpaired) electrons. The predicted molar refractivity (Wildman–Crippen MR) is 225 cm³/mol. The lowest BCUT2D eigenvalue weighted by atomic mass is 10.0. The van der Waals surface area contributed by atoms with E-state index < -0.39 is 26.1 Å². The number of likely N-dealkylation sites (N-methyl/N-ethyl adjacent to an activating group) is 1. The number of esters is 1. The number of carbonyl (C=O) groups is 1. The summed E-state index contributed by atoms with van der Waals surface area (Å²) in [7, 11) is 1.29. The van der Waals surface area contributed by atoms with Gasteiger partial charge in [-0.1, -0.05) is 161 Å². The lowest BCUT2D eigenvalue weighted by molar-refractivity contribution is -0.870. The van der Waals surface area contributed by atoms with E-state index in [0.29, 0.717) is 36.9 Å². The van der Waals surface area contributed by atoms with E-state index in [1.807, 2.05) is 27.2 Å². The summed E-state index contributed by atoms with van der Waals surface area (Å²) in [5.41, 5.74) is 0. The van der Waals surface area contributed by atoms with Gasteiger partial charge in [0.05, 0.1) is 46.6 Å². The van der Waals surface area contributed by atoms with Crippen LogP contribution < -0.4 is 4.89 Å². The van der Waals surface area contributed by atoms with Gasteiger partial charge in [0.1, 0.15) is 19.3 Å². The first-order valence-corrected chi connectivity index (χ1v) is 24.0. The topological polar surface area (TPSA) is 135 Å². The number of quaternary nitrogens is 1. The fourth-order valence-corrected chi connectivity index (χ4v) is 7.06. The summed E-state index contributed by atoms with van der Waals surface area (Å²) in [5.74, 6) is -0.385. The smallest absolute Gasteiger partial charge is 0.306 e. The van der Waals surface area contributed by atoms with Crippen LogP contribution in [0.3, 0.4) is 0 Å². The Bertz CT molecular complexity index is 929. The van der Waals surface area contributed by atoms with Crippen molar-refractivity contribution in [2.45, 2.75) is 212 Å². The van der Waals surface area contributed by atoms with Crippen molar-refractivity contribution in [1.82, 2.24) is 0 Å². The van der Waals surface area contributed by atoms with Crippen LogP contribution in [0.5, 0.6) is 0 Å². The van der Waals surface area contributed by atoms with Crippen LogP contribution in [-0.4, -0.2) is 93.1 Å². The van der Waals surface area contributed by atoms with Crippen LogP contribution in [0.1, 0.15) is 194 Å². The third-order valence-electron chi connectivity index (χ3n) is 10.0. The summed E-state index contributed by atoms with van der Waals surface area (Å²) in [4.78, 5) is 25.0.